The van der Waals surface area contributed by atoms with Crippen LogP contribution in [0.4, 0.5) is 0 Å². The number of hydrogen-bond acceptors (Lipinski definition) is 4. The Bertz CT molecular complexity index is 597. The molecule has 1 fully saturated rings. The average Bonchev–Trinajstić information content (AvgIpc) is 2.55. The summed E-state index contributed by atoms with van der Waals surface area (Å²) in [7, 11) is 0. The lowest BCUT2D eigenvalue weighted by Crippen LogP contribution is -2.44. The lowest BCUT2D eigenvalue weighted by molar-refractivity contribution is -0.167. The van der Waals surface area contributed by atoms with Crippen molar-refractivity contribution in [1.29, 1.82) is 0 Å². The minimum absolute atomic E-state index is 0.558. The van der Waals surface area contributed by atoms with Crippen molar-refractivity contribution < 1.29 is 14.6 Å². The molecule has 0 amide bonds. The number of pyridine rings is 1. The molecular weight excluding hydrogens is 266 g/mol. The van der Waals surface area contributed by atoms with Crippen molar-refractivity contribution in [2.45, 2.75) is 31.5 Å². The number of fused-ring (bicyclic) bond motifs is 1. The minimum Gasteiger partial charge on any atom is -0.385 e. The highest BCUT2D eigenvalue weighted by Gasteiger charge is 2.41. The van der Waals surface area contributed by atoms with Crippen molar-refractivity contribution in [3.05, 3.63) is 42.2 Å². The van der Waals surface area contributed by atoms with Gasteiger partial charge in [-0.1, -0.05) is 18.2 Å². The monoisotopic (exact) mass is 287 g/mol. The number of aromatic nitrogens is 1. The van der Waals surface area contributed by atoms with Crippen molar-refractivity contribution >= 4 is 10.8 Å². The van der Waals surface area contributed by atoms with Crippen molar-refractivity contribution in [1.82, 2.24) is 4.98 Å². The molecule has 2 heterocycles. The molecule has 1 aromatic heterocycles. The molecule has 1 atom stereocenters. The summed E-state index contributed by atoms with van der Waals surface area (Å²) < 4.78 is 11.4. The fourth-order valence-electron chi connectivity index (χ4n) is 3.16. The number of ether oxygens (including phenoxy) is 2. The minimum atomic E-state index is -0.672. The van der Waals surface area contributed by atoms with E-state index in [0.717, 1.165) is 16.3 Å². The fourth-order valence-corrected chi connectivity index (χ4v) is 3.16. The van der Waals surface area contributed by atoms with Gasteiger partial charge >= 0.3 is 0 Å². The third-order valence-electron chi connectivity index (χ3n) is 4.28. The van der Waals surface area contributed by atoms with Gasteiger partial charge in [0.1, 0.15) is 11.7 Å². The van der Waals surface area contributed by atoms with Gasteiger partial charge in [-0.3, -0.25) is 4.98 Å². The highest BCUT2D eigenvalue weighted by molar-refractivity contribution is 5.85. The van der Waals surface area contributed by atoms with Crippen LogP contribution in [-0.2, 0) is 9.47 Å². The second kappa shape index (κ2) is 6.10. The van der Waals surface area contributed by atoms with Crippen molar-refractivity contribution in [3.8, 4) is 0 Å². The van der Waals surface area contributed by atoms with Crippen LogP contribution in [0.15, 0.2) is 36.7 Å². The largest absolute Gasteiger partial charge is 0.385 e. The molecular formula is C17H21NO3. The first-order chi connectivity index (χ1) is 10.3. The number of hydrogen-bond donors (Lipinski definition) is 1. The molecule has 4 nitrogen and oxygen atoms in total. The molecule has 1 saturated heterocycles. The van der Waals surface area contributed by atoms with Crippen LogP contribution in [0.25, 0.3) is 10.8 Å². The Morgan fingerprint density at radius 1 is 1.33 bits per heavy atom. The van der Waals surface area contributed by atoms with Gasteiger partial charge in [0.2, 0.25) is 0 Å². The molecule has 1 aliphatic rings. The Balaban J connectivity index is 2.03. The molecule has 0 aliphatic carbocycles. The Morgan fingerprint density at radius 2 is 2.14 bits per heavy atom. The summed E-state index contributed by atoms with van der Waals surface area (Å²) in [4.78, 5) is 4.19. The third-order valence-corrected chi connectivity index (χ3v) is 4.28. The molecule has 112 valence electrons. The van der Waals surface area contributed by atoms with E-state index in [2.05, 4.69) is 4.98 Å². The molecule has 1 N–H and O–H groups in total. The van der Waals surface area contributed by atoms with E-state index in [1.807, 2.05) is 37.4 Å². The van der Waals surface area contributed by atoms with Crippen LogP contribution < -0.4 is 0 Å². The van der Waals surface area contributed by atoms with E-state index in [9.17, 15) is 5.11 Å². The lowest BCUT2D eigenvalue weighted by Gasteiger charge is -2.41. The number of rotatable bonds is 4. The number of nitrogens with zero attached hydrogens (tertiary/aromatic N) is 1. The molecule has 1 unspecified atom stereocenters. The summed E-state index contributed by atoms with van der Waals surface area (Å²) in [6.07, 6.45) is 4.32. The van der Waals surface area contributed by atoms with Crippen molar-refractivity contribution in [3.63, 3.8) is 0 Å². The predicted molar refractivity (Wildman–Crippen MR) is 81.1 cm³/mol. The molecule has 1 aliphatic heterocycles. The topological polar surface area (TPSA) is 51.6 Å². The highest BCUT2D eigenvalue weighted by atomic mass is 16.5. The van der Waals surface area contributed by atoms with Crippen LogP contribution in [0, 0.1) is 0 Å². The maximum Gasteiger partial charge on any atom is 0.109 e. The highest BCUT2D eigenvalue weighted by Crippen LogP contribution is 2.39. The molecule has 0 saturated carbocycles. The molecule has 1 aromatic carbocycles. The van der Waals surface area contributed by atoms with Gasteiger partial charge in [-0.15, -0.1) is 0 Å². The summed E-state index contributed by atoms with van der Waals surface area (Å²) in [6.45, 7) is 3.80. The Kier molecular flexibility index (Phi) is 4.19. The van der Waals surface area contributed by atoms with E-state index < -0.39 is 11.7 Å². The second-order valence-electron chi connectivity index (χ2n) is 5.46. The van der Waals surface area contributed by atoms with E-state index in [4.69, 9.17) is 9.47 Å². The molecule has 0 bridgehead atoms. The van der Waals surface area contributed by atoms with Crippen LogP contribution in [0.2, 0.25) is 0 Å². The van der Waals surface area contributed by atoms with Crippen molar-refractivity contribution in [2.24, 2.45) is 0 Å². The number of benzene rings is 1. The van der Waals surface area contributed by atoms with Crippen LogP contribution in [0.3, 0.4) is 0 Å². The van der Waals surface area contributed by atoms with E-state index in [1.54, 1.807) is 6.20 Å². The van der Waals surface area contributed by atoms with Gasteiger partial charge in [0.05, 0.1) is 0 Å². The van der Waals surface area contributed by atoms with Crippen LogP contribution >= 0.6 is 0 Å². The molecule has 4 heteroatoms. The second-order valence-corrected chi connectivity index (χ2v) is 5.46. The standard InChI is InChI=1S/C17H21NO3/c1-2-21-17(7-10-20-11-8-17)16(19)14-5-3-4-13-6-9-18-12-15(13)14/h3-6,9,12,16,19H,2,7-8,10-11H2,1H3. The zero-order valence-corrected chi connectivity index (χ0v) is 12.3. The Labute approximate surface area is 124 Å². The van der Waals surface area contributed by atoms with Crippen LogP contribution in [0.1, 0.15) is 31.4 Å². The first-order valence-electron chi connectivity index (χ1n) is 7.49. The summed E-state index contributed by atoms with van der Waals surface area (Å²) in [5, 5.41) is 13.1. The van der Waals surface area contributed by atoms with Crippen molar-refractivity contribution in [2.75, 3.05) is 19.8 Å². The van der Waals surface area contributed by atoms with Gasteiger partial charge in [0, 0.05) is 50.4 Å². The first kappa shape index (κ1) is 14.4. The quantitative estimate of drug-likeness (QED) is 0.939. The fraction of sp³-hybridized carbons (Fsp3) is 0.471. The van der Waals surface area contributed by atoms with Gasteiger partial charge in [-0.05, 0) is 23.9 Å². The van der Waals surface area contributed by atoms with E-state index in [0.29, 0.717) is 32.7 Å². The van der Waals surface area contributed by atoms with Gasteiger partial charge < -0.3 is 14.6 Å². The molecule has 3 rings (SSSR count). The summed E-state index contributed by atoms with van der Waals surface area (Å²) in [5.74, 6) is 0. The zero-order valence-electron chi connectivity index (χ0n) is 12.3. The first-order valence-corrected chi connectivity index (χ1v) is 7.49. The molecule has 21 heavy (non-hydrogen) atoms. The normalized spacial score (nSPS) is 19.5. The lowest BCUT2D eigenvalue weighted by atomic mass is 9.83. The number of aliphatic hydroxyl groups is 1. The van der Waals surface area contributed by atoms with E-state index in [-0.39, 0.29) is 0 Å². The summed E-state index contributed by atoms with van der Waals surface area (Å²) in [6, 6.07) is 7.93. The maximum atomic E-state index is 11.0. The van der Waals surface area contributed by atoms with E-state index in [1.165, 1.54) is 0 Å². The molecule has 0 radical (unpaired) electrons. The van der Waals surface area contributed by atoms with E-state index >= 15 is 0 Å². The Hall–Kier alpha value is -1.49. The van der Waals surface area contributed by atoms with Crippen LogP contribution in [-0.4, -0.2) is 35.5 Å². The summed E-state index contributed by atoms with van der Waals surface area (Å²) in [5.41, 5.74) is 0.327. The Morgan fingerprint density at radius 3 is 2.90 bits per heavy atom. The number of aliphatic hydroxyl groups excluding tert-OH is 1. The maximum absolute atomic E-state index is 11.0. The van der Waals surface area contributed by atoms with Crippen LogP contribution in [0.5, 0.6) is 0 Å². The average molecular weight is 287 g/mol. The smallest absolute Gasteiger partial charge is 0.109 e. The SMILES string of the molecule is CCOC1(C(O)c2cccc3ccncc23)CCOCC1. The zero-order chi connectivity index (χ0) is 14.7. The van der Waals surface area contributed by atoms with Gasteiger partial charge in [0.15, 0.2) is 0 Å². The molecule has 2 aromatic rings. The summed E-state index contributed by atoms with van der Waals surface area (Å²) >= 11 is 0. The molecule has 0 spiro atoms. The van der Waals surface area contributed by atoms with Gasteiger partial charge in [0.25, 0.3) is 0 Å². The van der Waals surface area contributed by atoms with Gasteiger partial charge in [-0.25, -0.2) is 0 Å². The predicted octanol–water partition coefficient (Wildman–Crippen LogP) is 2.85. The third kappa shape index (κ3) is 2.67. The van der Waals surface area contributed by atoms with Gasteiger partial charge in [-0.2, -0.15) is 0 Å².